The van der Waals surface area contributed by atoms with Gasteiger partial charge < -0.3 is 19.5 Å². The Bertz CT molecular complexity index is 710. The molecule has 29 heavy (non-hydrogen) atoms. The molecular weight excluding hydrogens is 376 g/mol. The van der Waals surface area contributed by atoms with Crippen molar-refractivity contribution in [2.24, 2.45) is 0 Å². The number of rotatable bonds is 8. The number of unbranched alkanes of at least 4 members (excludes halogenated alkanes) is 1. The van der Waals surface area contributed by atoms with Crippen LogP contribution in [0.15, 0.2) is 30.3 Å². The lowest BCUT2D eigenvalue weighted by molar-refractivity contribution is -0.165. The predicted molar refractivity (Wildman–Crippen MR) is 104 cm³/mol. The maximum absolute atomic E-state index is 12.8. The van der Waals surface area contributed by atoms with Gasteiger partial charge in [0.05, 0.1) is 13.0 Å². The van der Waals surface area contributed by atoms with E-state index < -0.39 is 30.4 Å². The van der Waals surface area contributed by atoms with Gasteiger partial charge in [0.15, 0.2) is 0 Å². The minimum atomic E-state index is -0.780. The number of nitrogens with one attached hydrogen (secondary N) is 1. The van der Waals surface area contributed by atoms with Crippen molar-refractivity contribution in [3.05, 3.63) is 35.9 Å². The number of hydrogen-bond acceptors (Lipinski definition) is 6. The zero-order valence-electron chi connectivity index (χ0n) is 16.7. The number of hydrogen-bond donors (Lipinski definition) is 1. The second-order valence-corrected chi connectivity index (χ2v) is 7.29. The maximum atomic E-state index is 12.8. The van der Waals surface area contributed by atoms with Gasteiger partial charge >= 0.3 is 12.1 Å². The van der Waals surface area contributed by atoms with Crippen molar-refractivity contribution in [2.45, 2.75) is 64.0 Å². The molecule has 2 amide bonds. The molecule has 2 saturated heterocycles. The Kier molecular flexibility index (Phi) is 7.46. The van der Waals surface area contributed by atoms with Crippen LogP contribution in [0.1, 0.15) is 44.6 Å². The van der Waals surface area contributed by atoms with Crippen molar-refractivity contribution in [3.8, 4) is 0 Å². The van der Waals surface area contributed by atoms with Gasteiger partial charge in [0.1, 0.15) is 18.7 Å². The molecule has 3 rings (SSSR count). The van der Waals surface area contributed by atoms with Gasteiger partial charge in [-0.15, -0.1) is 0 Å². The number of likely N-dealkylation sites (tertiary alicyclic amines) is 1. The molecule has 8 heteroatoms. The molecule has 2 aliphatic heterocycles. The molecule has 1 N–H and O–H groups in total. The van der Waals surface area contributed by atoms with Crippen LogP contribution in [0.3, 0.4) is 0 Å². The highest BCUT2D eigenvalue weighted by atomic mass is 16.7. The summed E-state index contributed by atoms with van der Waals surface area (Å²) in [7, 11) is 0. The number of ether oxygens (including phenoxy) is 3. The van der Waals surface area contributed by atoms with Gasteiger partial charge in [-0.1, -0.05) is 43.7 Å². The summed E-state index contributed by atoms with van der Waals surface area (Å²) in [6.07, 6.45) is 1.84. The van der Waals surface area contributed by atoms with Crippen LogP contribution >= 0.6 is 0 Å². The van der Waals surface area contributed by atoms with E-state index in [0.717, 1.165) is 24.8 Å². The van der Waals surface area contributed by atoms with E-state index in [1.807, 2.05) is 37.3 Å². The topological polar surface area (TPSA) is 94.2 Å². The molecule has 8 nitrogen and oxygen atoms in total. The van der Waals surface area contributed by atoms with Crippen molar-refractivity contribution in [3.63, 3.8) is 0 Å². The first-order valence-electron chi connectivity index (χ1n) is 10.2. The van der Waals surface area contributed by atoms with E-state index in [1.165, 1.54) is 4.90 Å². The molecule has 2 fully saturated rings. The number of benzene rings is 1. The molecule has 1 aromatic carbocycles. The lowest BCUT2D eigenvalue weighted by atomic mass is 10.1. The van der Waals surface area contributed by atoms with Crippen LogP contribution in [0.5, 0.6) is 0 Å². The molecule has 0 aliphatic carbocycles. The van der Waals surface area contributed by atoms with Crippen LogP contribution in [-0.4, -0.2) is 54.4 Å². The van der Waals surface area contributed by atoms with Crippen molar-refractivity contribution in [2.75, 3.05) is 13.2 Å². The van der Waals surface area contributed by atoms with Crippen LogP contribution in [0.2, 0.25) is 0 Å². The Morgan fingerprint density at radius 3 is 2.83 bits per heavy atom. The molecule has 0 radical (unpaired) electrons. The van der Waals surface area contributed by atoms with Gasteiger partial charge in [0.25, 0.3) is 0 Å². The second kappa shape index (κ2) is 10.2. The highest BCUT2D eigenvalue weighted by Gasteiger charge is 2.41. The fourth-order valence-electron chi connectivity index (χ4n) is 3.49. The summed E-state index contributed by atoms with van der Waals surface area (Å²) in [4.78, 5) is 38.4. The summed E-state index contributed by atoms with van der Waals surface area (Å²) >= 11 is 0. The number of cyclic esters (lactones) is 1. The average molecular weight is 404 g/mol. The molecule has 1 unspecified atom stereocenters. The molecule has 0 spiro atoms. The summed E-state index contributed by atoms with van der Waals surface area (Å²) < 4.78 is 16.1. The zero-order chi connectivity index (χ0) is 20.6. The van der Waals surface area contributed by atoms with Gasteiger partial charge in [0, 0.05) is 6.54 Å². The lowest BCUT2D eigenvalue weighted by Crippen LogP contribution is -2.51. The van der Waals surface area contributed by atoms with E-state index >= 15 is 0 Å². The zero-order valence-corrected chi connectivity index (χ0v) is 16.7. The van der Waals surface area contributed by atoms with Gasteiger partial charge in [-0.25, -0.2) is 4.79 Å². The largest absolute Gasteiger partial charge is 0.445 e. The molecule has 158 valence electrons. The fourth-order valence-corrected chi connectivity index (χ4v) is 3.49. The van der Waals surface area contributed by atoms with Crippen LogP contribution in [0.25, 0.3) is 0 Å². The van der Waals surface area contributed by atoms with Crippen LogP contribution < -0.4 is 5.32 Å². The van der Waals surface area contributed by atoms with Crippen LogP contribution in [-0.2, 0) is 30.4 Å². The quantitative estimate of drug-likeness (QED) is 0.528. The molecule has 0 aromatic heterocycles. The lowest BCUT2D eigenvalue weighted by Gasteiger charge is -2.26. The van der Waals surface area contributed by atoms with Gasteiger partial charge in [-0.05, 0) is 24.8 Å². The van der Waals surface area contributed by atoms with E-state index in [4.69, 9.17) is 14.2 Å². The first-order valence-corrected chi connectivity index (χ1v) is 10.2. The Balaban J connectivity index is 1.53. The maximum Gasteiger partial charge on any atom is 0.410 e. The molecule has 1 aromatic rings. The van der Waals surface area contributed by atoms with Crippen LogP contribution in [0, 0.1) is 0 Å². The average Bonchev–Trinajstić information content (AvgIpc) is 3.34. The number of esters is 1. The molecule has 2 heterocycles. The third-order valence-corrected chi connectivity index (χ3v) is 5.07. The molecule has 0 saturated carbocycles. The van der Waals surface area contributed by atoms with Gasteiger partial charge in [-0.3, -0.25) is 14.5 Å². The summed E-state index contributed by atoms with van der Waals surface area (Å²) in [5.74, 6) is -0.714. The summed E-state index contributed by atoms with van der Waals surface area (Å²) in [5, 5.41) is 2.83. The number of carbonyl (C=O) groups is 3. The minimum Gasteiger partial charge on any atom is -0.445 e. The van der Waals surface area contributed by atoms with Crippen LogP contribution in [0.4, 0.5) is 4.79 Å². The Labute approximate surface area is 170 Å². The highest BCUT2D eigenvalue weighted by Crippen LogP contribution is 2.22. The van der Waals surface area contributed by atoms with Crippen molar-refractivity contribution in [1.29, 1.82) is 0 Å². The van der Waals surface area contributed by atoms with E-state index in [2.05, 4.69) is 5.32 Å². The van der Waals surface area contributed by atoms with E-state index in [9.17, 15) is 14.4 Å². The van der Waals surface area contributed by atoms with E-state index in [1.54, 1.807) is 0 Å². The fraction of sp³-hybridized carbons (Fsp3) is 0.571. The van der Waals surface area contributed by atoms with Crippen molar-refractivity contribution in [1.82, 2.24) is 10.2 Å². The normalized spacial score (nSPS) is 23.7. The second-order valence-electron chi connectivity index (χ2n) is 7.29. The van der Waals surface area contributed by atoms with Crippen molar-refractivity contribution >= 4 is 18.0 Å². The van der Waals surface area contributed by atoms with Gasteiger partial charge in [-0.2, -0.15) is 0 Å². The van der Waals surface area contributed by atoms with E-state index in [-0.39, 0.29) is 18.9 Å². The first kappa shape index (κ1) is 21.1. The number of nitrogens with zero attached hydrogens (tertiary/aromatic N) is 1. The first-order chi connectivity index (χ1) is 14.1. The number of amides is 2. The Morgan fingerprint density at radius 1 is 1.28 bits per heavy atom. The minimum absolute atomic E-state index is 0.0632. The summed E-state index contributed by atoms with van der Waals surface area (Å²) in [6.45, 7) is 3.11. The molecule has 2 aliphatic rings. The van der Waals surface area contributed by atoms with Crippen molar-refractivity contribution < 1.29 is 28.6 Å². The SMILES string of the molecule is CCCCO[C@H]1OC(=O)C[C@@H]1NC(=O)C1CCCN1C(=O)OCc1ccccc1. The van der Waals surface area contributed by atoms with E-state index in [0.29, 0.717) is 19.6 Å². The third-order valence-electron chi connectivity index (χ3n) is 5.07. The molecule has 0 bridgehead atoms. The number of carbonyl (C=O) groups excluding carboxylic acids is 3. The highest BCUT2D eigenvalue weighted by molar-refractivity contribution is 5.87. The van der Waals surface area contributed by atoms with Gasteiger partial charge in [0.2, 0.25) is 12.2 Å². The standard InChI is InChI=1S/C21H28N2O6/c1-2-3-12-27-20-16(13-18(24)29-20)22-19(25)17-10-7-11-23(17)21(26)28-14-15-8-5-4-6-9-15/h4-6,8-9,16-17,20H,2-3,7,10-14H2,1H3,(H,22,25)/t16-,17?,20-/m0/s1. The third kappa shape index (κ3) is 5.69. The molecule has 3 atom stereocenters. The Hall–Kier alpha value is -2.61. The summed E-state index contributed by atoms with van der Waals surface area (Å²) in [5.41, 5.74) is 0.884. The smallest absolute Gasteiger partial charge is 0.410 e. The monoisotopic (exact) mass is 404 g/mol. The summed E-state index contributed by atoms with van der Waals surface area (Å²) in [6, 6.07) is 8.22. The predicted octanol–water partition coefficient (Wildman–Crippen LogP) is 2.36. The Morgan fingerprint density at radius 2 is 2.07 bits per heavy atom. The molecular formula is C21H28N2O6.